The molecule has 0 amide bonds. The van der Waals surface area contributed by atoms with Gasteiger partial charge in [-0.15, -0.1) is 0 Å². The Morgan fingerprint density at radius 2 is 0.417 bits per heavy atom. The maximum Gasteiger partial charge on any atom is 0.281 e. The molecule has 0 aliphatic heterocycles. The Bertz CT molecular complexity index is 31.4. The first kappa shape index (κ1) is 63.8. The van der Waals surface area contributed by atoms with E-state index in [0.29, 0.717) is 0 Å². The minimum Gasteiger partial charge on any atom is -0.281 e. The van der Waals surface area contributed by atoms with Gasteiger partial charge in [-0.3, -0.25) is 24.0 Å². The van der Waals surface area contributed by atoms with E-state index in [4.69, 9.17) is 24.0 Å². The normalized spacial score (nSPS) is 1.67. The average Bonchev–Trinajstić information content (AvgIpc) is 2.20. The fourth-order valence-corrected chi connectivity index (χ4v) is 0. The monoisotopic (exact) mass is 259 g/mol. The molecular formula is C5CuFeO5. The van der Waals surface area contributed by atoms with Gasteiger partial charge in [0.05, 0.1) is 0 Å². The first-order valence-electron chi connectivity index (χ1n) is 1.02. The maximum atomic E-state index is 7.50. The van der Waals surface area contributed by atoms with Gasteiger partial charge in [-0.25, -0.2) is 0 Å². The topological polar surface area (TPSA) is 85.3 Å². The Labute approximate surface area is 92.2 Å². The second-order valence-corrected chi connectivity index (χ2v) is 0. The van der Waals surface area contributed by atoms with Crippen LogP contribution in [0.25, 0.3) is 0 Å². The quantitative estimate of drug-likeness (QED) is 0.470. The molecule has 0 unspecified atom stereocenters. The number of hydrogen-bond acceptors (Lipinski definition) is 5. The fourth-order valence-electron chi connectivity index (χ4n) is 0. The zero-order valence-electron chi connectivity index (χ0n) is 5.20. The van der Waals surface area contributed by atoms with Crippen LogP contribution in [0.15, 0.2) is 0 Å². The van der Waals surface area contributed by atoms with Crippen LogP contribution in [0.5, 0.6) is 0 Å². The van der Waals surface area contributed by atoms with E-state index in [9.17, 15) is 0 Å². The van der Waals surface area contributed by atoms with Gasteiger partial charge in [-0.2, -0.15) is 0 Å². The molecular weight excluding hydrogens is 259 g/mol. The van der Waals surface area contributed by atoms with Gasteiger partial charge in [0, 0.05) is 34.1 Å². The Kier molecular flexibility index (Phi) is 13000. The Morgan fingerprint density at radius 3 is 0.417 bits per heavy atom. The molecule has 0 N–H and O–H groups in total. The minimum absolute atomic E-state index is 0. The van der Waals surface area contributed by atoms with Crippen LogP contribution >= 0.6 is 0 Å². The van der Waals surface area contributed by atoms with Gasteiger partial charge >= 0.3 is 0 Å². The van der Waals surface area contributed by atoms with E-state index in [1.54, 1.807) is 0 Å². The molecule has 7 heteroatoms. The van der Waals surface area contributed by atoms with Gasteiger partial charge in [-0.05, 0) is 0 Å². The summed E-state index contributed by atoms with van der Waals surface area (Å²) < 4.78 is 0. The molecule has 0 saturated carbocycles. The first-order valence-corrected chi connectivity index (χ1v) is 1.02. The summed E-state index contributed by atoms with van der Waals surface area (Å²) in [5.41, 5.74) is 0. The van der Waals surface area contributed by atoms with Crippen molar-refractivity contribution in [2.24, 2.45) is 0 Å². The molecule has 0 aliphatic carbocycles. The van der Waals surface area contributed by atoms with Crippen LogP contribution in [0.3, 0.4) is 0 Å². The SMILES string of the molecule is [C]=O.[C]=O.[C]=O.[C]=O.[C]=O.[Cu].[Fe]. The molecule has 0 aromatic rings. The zero-order valence-corrected chi connectivity index (χ0v) is 7.24. The van der Waals surface area contributed by atoms with Gasteiger partial charge < -0.3 is 0 Å². The summed E-state index contributed by atoms with van der Waals surface area (Å²) in [6.07, 6.45) is 0. The van der Waals surface area contributed by atoms with Crippen molar-refractivity contribution in [1.82, 2.24) is 0 Å². The molecule has 5 nitrogen and oxygen atoms in total. The molecule has 0 fully saturated rings. The Hall–Kier alpha value is -0.611. The van der Waals surface area contributed by atoms with Crippen molar-refractivity contribution < 1.29 is 58.1 Å². The molecule has 0 heterocycles. The van der Waals surface area contributed by atoms with Crippen LogP contribution < -0.4 is 0 Å². The first-order chi connectivity index (χ1) is 5.00. The molecule has 11 radical (unpaired) electrons. The third kappa shape index (κ3) is 1770. The third-order valence-electron chi connectivity index (χ3n) is 0. The van der Waals surface area contributed by atoms with Gasteiger partial charge in [0.15, 0.2) is 0 Å². The molecule has 0 aliphatic rings. The van der Waals surface area contributed by atoms with Crippen molar-refractivity contribution in [3.05, 3.63) is 0 Å². The van der Waals surface area contributed by atoms with E-state index in [1.165, 1.54) is 0 Å². The predicted molar refractivity (Wildman–Crippen MR) is 28.5 cm³/mol. The fraction of sp³-hybridized carbons (Fsp3) is 0. The third-order valence-corrected chi connectivity index (χ3v) is 0. The molecule has 12 heavy (non-hydrogen) atoms. The summed E-state index contributed by atoms with van der Waals surface area (Å²) in [6.45, 7) is 22.5. The summed E-state index contributed by atoms with van der Waals surface area (Å²) in [4.78, 5) is 37.5. The molecule has 0 rings (SSSR count). The van der Waals surface area contributed by atoms with Crippen molar-refractivity contribution in [1.29, 1.82) is 0 Å². The number of hydrogen-bond donors (Lipinski definition) is 0. The van der Waals surface area contributed by atoms with E-state index >= 15 is 0 Å². The van der Waals surface area contributed by atoms with Crippen molar-refractivity contribution in [3.63, 3.8) is 0 Å². The molecule has 69 valence electrons. The van der Waals surface area contributed by atoms with Crippen LogP contribution in [0.4, 0.5) is 0 Å². The standard InChI is InChI=1S/5CO.Cu.Fe/c5*1-2;;. The van der Waals surface area contributed by atoms with E-state index in [-0.39, 0.29) is 34.1 Å². The van der Waals surface area contributed by atoms with E-state index in [1.807, 2.05) is 0 Å². The zero-order chi connectivity index (χ0) is 10.0. The van der Waals surface area contributed by atoms with Crippen LogP contribution in [0, 0.1) is 0 Å². The predicted octanol–water partition coefficient (Wildman–Crippen LogP) is -1.99. The summed E-state index contributed by atoms with van der Waals surface area (Å²) in [6, 6.07) is 0. The van der Waals surface area contributed by atoms with E-state index < -0.39 is 0 Å². The molecule has 0 atom stereocenters. The maximum absolute atomic E-state index is 7.50. The second kappa shape index (κ2) is 2450. The summed E-state index contributed by atoms with van der Waals surface area (Å²) in [5.74, 6) is 0. The van der Waals surface area contributed by atoms with E-state index in [2.05, 4.69) is 33.9 Å². The number of rotatable bonds is 0. The van der Waals surface area contributed by atoms with Crippen molar-refractivity contribution in [3.8, 4) is 0 Å². The summed E-state index contributed by atoms with van der Waals surface area (Å²) in [5, 5.41) is 0. The van der Waals surface area contributed by atoms with Crippen molar-refractivity contribution >= 4 is 33.9 Å². The molecule has 0 aromatic carbocycles. The smallest absolute Gasteiger partial charge is 0.281 e. The Balaban J connectivity index is -0.00000000500. The van der Waals surface area contributed by atoms with Crippen molar-refractivity contribution in [2.75, 3.05) is 0 Å². The van der Waals surface area contributed by atoms with Crippen LogP contribution in [-0.4, -0.2) is 33.9 Å². The minimum atomic E-state index is 0. The van der Waals surface area contributed by atoms with Gasteiger partial charge in [0.2, 0.25) is 0 Å². The molecule has 0 saturated heterocycles. The Morgan fingerprint density at radius 1 is 0.417 bits per heavy atom. The van der Waals surface area contributed by atoms with E-state index in [0.717, 1.165) is 0 Å². The van der Waals surface area contributed by atoms with Gasteiger partial charge in [0.1, 0.15) is 0 Å². The second-order valence-electron chi connectivity index (χ2n) is 0. The molecule has 0 aromatic heterocycles. The number of carbonyl (C=O) groups excluding carboxylic acids is 5. The summed E-state index contributed by atoms with van der Waals surface area (Å²) >= 11 is 0. The largest absolute Gasteiger partial charge is 0.281 e. The van der Waals surface area contributed by atoms with Gasteiger partial charge in [-0.1, -0.05) is 0 Å². The van der Waals surface area contributed by atoms with Crippen LogP contribution in [-0.2, 0) is 58.1 Å². The summed E-state index contributed by atoms with van der Waals surface area (Å²) in [7, 11) is 0. The van der Waals surface area contributed by atoms with Crippen molar-refractivity contribution in [2.45, 2.75) is 0 Å². The van der Waals surface area contributed by atoms with Gasteiger partial charge in [0.25, 0.3) is 33.9 Å². The molecule has 0 spiro atoms. The molecule has 0 bridgehead atoms. The average molecular weight is 259 g/mol. The van der Waals surface area contributed by atoms with Crippen LogP contribution in [0.1, 0.15) is 0 Å². The van der Waals surface area contributed by atoms with Crippen LogP contribution in [0.2, 0.25) is 0 Å².